The van der Waals surface area contributed by atoms with Crippen molar-refractivity contribution in [2.45, 2.75) is 30.8 Å². The van der Waals surface area contributed by atoms with Crippen LogP contribution in [0.3, 0.4) is 0 Å². The molecule has 0 bridgehead atoms. The first-order valence-corrected chi connectivity index (χ1v) is 11.6. The van der Waals surface area contributed by atoms with E-state index in [0.29, 0.717) is 6.04 Å². The van der Waals surface area contributed by atoms with Crippen LogP contribution in [-0.4, -0.2) is 43.5 Å². The van der Waals surface area contributed by atoms with Gasteiger partial charge < -0.3 is 14.5 Å². The van der Waals surface area contributed by atoms with Crippen molar-refractivity contribution in [3.05, 3.63) is 66.5 Å². The summed E-state index contributed by atoms with van der Waals surface area (Å²) >= 11 is 0. The lowest BCUT2D eigenvalue weighted by atomic mass is 10.1. The quantitative estimate of drug-likeness (QED) is 0.465. The molecule has 2 heterocycles. The van der Waals surface area contributed by atoms with Crippen LogP contribution in [0.25, 0.3) is 21.8 Å². The third-order valence-electron chi connectivity index (χ3n) is 5.61. The summed E-state index contributed by atoms with van der Waals surface area (Å²) in [6, 6.07) is 15.6. The van der Waals surface area contributed by atoms with E-state index in [1.54, 1.807) is 18.3 Å². The van der Waals surface area contributed by atoms with E-state index in [0.717, 1.165) is 27.4 Å². The van der Waals surface area contributed by atoms with Gasteiger partial charge in [0.25, 0.3) is 0 Å². The molecule has 0 radical (unpaired) electrons. The van der Waals surface area contributed by atoms with Crippen molar-refractivity contribution in [2.75, 3.05) is 20.6 Å². The second-order valence-electron chi connectivity index (χ2n) is 8.16. The summed E-state index contributed by atoms with van der Waals surface area (Å²) in [6.45, 7) is 4.59. The van der Waals surface area contributed by atoms with E-state index in [9.17, 15) is 8.42 Å². The summed E-state index contributed by atoms with van der Waals surface area (Å²) in [7, 11) is 0.323. The van der Waals surface area contributed by atoms with Gasteiger partial charge in [-0.15, -0.1) is 0 Å². The van der Waals surface area contributed by atoms with E-state index in [4.69, 9.17) is 0 Å². The van der Waals surface area contributed by atoms with Crippen LogP contribution < -0.4 is 4.72 Å². The van der Waals surface area contributed by atoms with Gasteiger partial charge in [-0.25, -0.2) is 13.1 Å². The molecule has 0 aliphatic heterocycles. The smallest absolute Gasteiger partial charge is 0.240 e. The molecule has 4 aromatic rings. The van der Waals surface area contributed by atoms with E-state index >= 15 is 0 Å². The molecule has 0 spiro atoms. The number of likely N-dealkylation sites (N-methyl/N-ethyl adjacent to an activating group) is 1. The average molecular weight is 425 g/mol. The second-order valence-corrected chi connectivity index (χ2v) is 9.93. The normalized spacial score (nSPS) is 13.7. The van der Waals surface area contributed by atoms with Gasteiger partial charge in [0.05, 0.1) is 4.90 Å². The van der Waals surface area contributed by atoms with Gasteiger partial charge in [0.1, 0.15) is 0 Å². The molecule has 0 saturated carbocycles. The molecule has 2 aromatic carbocycles. The number of hydrogen-bond acceptors (Lipinski definition) is 3. The Kier molecular flexibility index (Phi) is 5.44. The fourth-order valence-electron chi connectivity index (χ4n) is 3.96. The molecular formula is C23H28N4O2S. The Morgan fingerprint density at radius 1 is 1.10 bits per heavy atom. The molecule has 4 rings (SSSR count). The van der Waals surface area contributed by atoms with Crippen molar-refractivity contribution in [3.8, 4) is 0 Å². The van der Waals surface area contributed by atoms with Gasteiger partial charge in [-0.2, -0.15) is 0 Å². The number of fused-ring (bicyclic) bond motifs is 2. The maximum absolute atomic E-state index is 13.0. The van der Waals surface area contributed by atoms with Crippen LogP contribution in [-0.2, 0) is 10.0 Å². The van der Waals surface area contributed by atoms with Crippen LogP contribution in [0.2, 0.25) is 0 Å². The van der Waals surface area contributed by atoms with Crippen molar-refractivity contribution in [1.29, 1.82) is 0 Å². The predicted molar refractivity (Wildman–Crippen MR) is 122 cm³/mol. The lowest BCUT2D eigenvalue weighted by Crippen LogP contribution is -2.34. The Morgan fingerprint density at radius 3 is 2.60 bits per heavy atom. The van der Waals surface area contributed by atoms with Crippen molar-refractivity contribution in [2.24, 2.45) is 0 Å². The van der Waals surface area contributed by atoms with Crippen molar-refractivity contribution >= 4 is 31.8 Å². The topological polar surface area (TPSA) is 70.1 Å². The molecule has 6 nitrogen and oxygen atoms in total. The number of rotatable bonds is 7. The van der Waals surface area contributed by atoms with Crippen LogP contribution in [0.15, 0.2) is 65.8 Å². The highest BCUT2D eigenvalue weighted by molar-refractivity contribution is 7.89. The first-order chi connectivity index (χ1) is 14.3. The Balaban J connectivity index is 1.65. The lowest BCUT2D eigenvalue weighted by molar-refractivity contribution is 0.300. The maximum Gasteiger partial charge on any atom is 0.240 e. The highest BCUT2D eigenvalue weighted by atomic mass is 32.2. The number of nitrogens with one attached hydrogen (secondary N) is 2. The molecule has 1 atom stereocenters. The summed E-state index contributed by atoms with van der Waals surface area (Å²) in [5.74, 6) is 0. The Labute approximate surface area is 177 Å². The van der Waals surface area contributed by atoms with Gasteiger partial charge in [0, 0.05) is 47.4 Å². The van der Waals surface area contributed by atoms with E-state index in [1.165, 1.54) is 0 Å². The molecule has 0 aliphatic carbocycles. The van der Waals surface area contributed by atoms with Crippen LogP contribution in [0.1, 0.15) is 31.5 Å². The SMILES string of the molecule is CC(C)n1cc(C(CNS(=O)(=O)c2ccc3cc[nH]c3c2)N(C)C)c2ccccc21. The molecule has 0 aliphatic rings. The largest absolute Gasteiger partial charge is 0.361 e. The molecule has 30 heavy (non-hydrogen) atoms. The van der Waals surface area contributed by atoms with E-state index in [1.807, 2.05) is 38.4 Å². The van der Waals surface area contributed by atoms with E-state index in [2.05, 4.69) is 51.4 Å². The van der Waals surface area contributed by atoms with E-state index < -0.39 is 10.0 Å². The Morgan fingerprint density at radius 2 is 1.87 bits per heavy atom. The molecule has 7 heteroatoms. The molecule has 158 valence electrons. The van der Waals surface area contributed by atoms with Crippen LogP contribution >= 0.6 is 0 Å². The number of H-pyrrole nitrogens is 1. The standard InChI is InChI=1S/C23H28N4O2S/c1-16(2)27-15-20(19-7-5-6-8-22(19)27)23(26(3)4)14-25-30(28,29)18-10-9-17-11-12-24-21(17)13-18/h5-13,15-16,23-25H,14H2,1-4H3. The van der Waals surface area contributed by atoms with Gasteiger partial charge in [-0.3, -0.25) is 0 Å². The molecule has 1 unspecified atom stereocenters. The minimum atomic E-state index is -3.63. The number of benzene rings is 2. The Hall–Kier alpha value is -2.61. The molecule has 2 N–H and O–H groups in total. The summed E-state index contributed by atoms with van der Waals surface area (Å²) < 4.78 is 31.0. The maximum atomic E-state index is 13.0. The van der Waals surface area contributed by atoms with Gasteiger partial charge in [-0.05, 0) is 63.2 Å². The van der Waals surface area contributed by atoms with E-state index in [-0.39, 0.29) is 17.5 Å². The fraction of sp³-hybridized carbons (Fsp3) is 0.304. The minimum Gasteiger partial charge on any atom is -0.361 e. The fourth-order valence-corrected chi connectivity index (χ4v) is 5.03. The molecular weight excluding hydrogens is 396 g/mol. The monoisotopic (exact) mass is 424 g/mol. The predicted octanol–water partition coefficient (Wildman–Crippen LogP) is 4.28. The molecule has 0 fully saturated rings. The zero-order chi connectivity index (χ0) is 21.5. The number of aromatic amines is 1. The van der Waals surface area contributed by atoms with Crippen molar-refractivity contribution in [1.82, 2.24) is 19.2 Å². The highest BCUT2D eigenvalue weighted by Gasteiger charge is 2.23. The molecule has 2 aromatic heterocycles. The van der Waals surface area contributed by atoms with Gasteiger partial charge in [0.15, 0.2) is 0 Å². The highest BCUT2D eigenvalue weighted by Crippen LogP contribution is 2.31. The first kappa shape index (κ1) is 20.7. The van der Waals surface area contributed by atoms with Gasteiger partial charge in [0.2, 0.25) is 10.0 Å². The van der Waals surface area contributed by atoms with Crippen LogP contribution in [0.4, 0.5) is 0 Å². The average Bonchev–Trinajstić information content (AvgIpc) is 3.32. The van der Waals surface area contributed by atoms with Gasteiger partial charge in [-0.1, -0.05) is 24.3 Å². The number of para-hydroxylation sites is 1. The number of nitrogens with zero attached hydrogens (tertiary/aromatic N) is 2. The van der Waals surface area contributed by atoms with Gasteiger partial charge >= 0.3 is 0 Å². The van der Waals surface area contributed by atoms with Crippen LogP contribution in [0, 0.1) is 0 Å². The number of hydrogen-bond donors (Lipinski definition) is 2. The molecule has 0 amide bonds. The summed E-state index contributed by atoms with van der Waals surface area (Å²) in [6.07, 6.45) is 3.96. The van der Waals surface area contributed by atoms with Crippen LogP contribution in [0.5, 0.6) is 0 Å². The lowest BCUT2D eigenvalue weighted by Gasteiger charge is -2.24. The summed E-state index contributed by atoms with van der Waals surface area (Å²) in [5, 5.41) is 2.14. The second kappa shape index (κ2) is 7.91. The third kappa shape index (κ3) is 3.76. The third-order valence-corrected chi connectivity index (χ3v) is 7.03. The zero-order valence-corrected chi connectivity index (χ0v) is 18.6. The summed E-state index contributed by atoms with van der Waals surface area (Å²) in [5.41, 5.74) is 3.09. The summed E-state index contributed by atoms with van der Waals surface area (Å²) in [4.78, 5) is 5.39. The minimum absolute atomic E-state index is 0.0982. The van der Waals surface area contributed by atoms with Crippen molar-refractivity contribution < 1.29 is 8.42 Å². The first-order valence-electron chi connectivity index (χ1n) is 10.1. The number of aromatic nitrogens is 2. The zero-order valence-electron chi connectivity index (χ0n) is 17.8. The number of sulfonamides is 1. The molecule has 0 saturated heterocycles. The van der Waals surface area contributed by atoms with Crippen molar-refractivity contribution in [3.63, 3.8) is 0 Å². The Bertz CT molecular complexity index is 1290.